The first-order chi connectivity index (χ1) is 10.2. The molecule has 0 saturated carbocycles. The van der Waals surface area contributed by atoms with Crippen molar-refractivity contribution in [2.45, 2.75) is 24.8 Å². The monoisotopic (exact) mass is 299 g/mol. The molecule has 3 heteroatoms. The standard InChI is InChI=1S/C18H18ClNO/c1-20(17-11-10-14-4-2-3-5-16(14)17)18(21)15-8-6-13(12-19)7-9-15/h2-9,17H,10-12H2,1H3. The van der Waals surface area contributed by atoms with Gasteiger partial charge in [-0.1, -0.05) is 36.4 Å². The van der Waals surface area contributed by atoms with Crippen molar-refractivity contribution in [2.75, 3.05) is 7.05 Å². The van der Waals surface area contributed by atoms with Gasteiger partial charge in [-0.3, -0.25) is 4.79 Å². The van der Waals surface area contributed by atoms with Crippen LogP contribution < -0.4 is 0 Å². The van der Waals surface area contributed by atoms with Gasteiger partial charge in [-0.2, -0.15) is 0 Å². The number of amides is 1. The fourth-order valence-electron chi connectivity index (χ4n) is 3.02. The van der Waals surface area contributed by atoms with Crippen LogP contribution in [0.5, 0.6) is 0 Å². The quantitative estimate of drug-likeness (QED) is 0.778. The number of alkyl halides is 1. The van der Waals surface area contributed by atoms with Crippen LogP contribution in [-0.2, 0) is 12.3 Å². The summed E-state index contributed by atoms with van der Waals surface area (Å²) in [5, 5.41) is 0. The van der Waals surface area contributed by atoms with Crippen LogP contribution >= 0.6 is 11.6 Å². The number of rotatable bonds is 3. The van der Waals surface area contributed by atoms with Gasteiger partial charge in [-0.05, 0) is 41.7 Å². The number of hydrogen-bond donors (Lipinski definition) is 0. The molecule has 1 aliphatic rings. The Kier molecular flexibility index (Phi) is 3.98. The molecule has 2 nitrogen and oxygen atoms in total. The molecular formula is C18H18ClNO. The molecule has 0 N–H and O–H groups in total. The zero-order valence-electron chi connectivity index (χ0n) is 12.1. The van der Waals surface area contributed by atoms with E-state index in [1.165, 1.54) is 11.1 Å². The highest BCUT2D eigenvalue weighted by Crippen LogP contribution is 2.35. The van der Waals surface area contributed by atoms with Gasteiger partial charge >= 0.3 is 0 Å². The topological polar surface area (TPSA) is 20.3 Å². The van der Waals surface area contributed by atoms with Gasteiger partial charge in [0.05, 0.1) is 6.04 Å². The Morgan fingerprint density at radius 2 is 1.90 bits per heavy atom. The summed E-state index contributed by atoms with van der Waals surface area (Å²) in [5.74, 6) is 0.540. The summed E-state index contributed by atoms with van der Waals surface area (Å²) in [4.78, 5) is 14.5. The average Bonchev–Trinajstić information content (AvgIpc) is 2.97. The smallest absolute Gasteiger partial charge is 0.254 e. The third kappa shape index (κ3) is 2.68. The molecule has 0 aliphatic heterocycles. The Balaban J connectivity index is 1.82. The predicted octanol–water partition coefficient (Wildman–Crippen LogP) is 4.18. The van der Waals surface area contributed by atoms with E-state index in [-0.39, 0.29) is 11.9 Å². The van der Waals surface area contributed by atoms with Gasteiger partial charge in [-0.25, -0.2) is 0 Å². The minimum atomic E-state index is 0.0674. The first-order valence-corrected chi connectivity index (χ1v) is 7.74. The van der Waals surface area contributed by atoms with Crippen LogP contribution in [0.2, 0.25) is 0 Å². The van der Waals surface area contributed by atoms with E-state index in [1.54, 1.807) is 0 Å². The van der Waals surface area contributed by atoms with Crippen molar-refractivity contribution in [1.29, 1.82) is 0 Å². The molecule has 1 amide bonds. The van der Waals surface area contributed by atoms with Gasteiger partial charge in [-0.15, -0.1) is 11.6 Å². The first kappa shape index (κ1) is 14.2. The molecule has 2 aromatic rings. The molecular weight excluding hydrogens is 282 g/mol. The Morgan fingerprint density at radius 3 is 2.62 bits per heavy atom. The largest absolute Gasteiger partial charge is 0.335 e. The lowest BCUT2D eigenvalue weighted by Gasteiger charge is -2.25. The van der Waals surface area contributed by atoms with Gasteiger partial charge in [0.25, 0.3) is 5.91 Å². The predicted molar refractivity (Wildman–Crippen MR) is 85.6 cm³/mol. The summed E-state index contributed by atoms with van der Waals surface area (Å²) in [6.45, 7) is 0. The van der Waals surface area contributed by atoms with Gasteiger partial charge in [0.2, 0.25) is 0 Å². The van der Waals surface area contributed by atoms with E-state index in [0.717, 1.165) is 24.0 Å². The molecule has 1 atom stereocenters. The molecule has 0 heterocycles. The Morgan fingerprint density at radius 1 is 1.19 bits per heavy atom. The number of fused-ring (bicyclic) bond motifs is 1. The van der Waals surface area contributed by atoms with E-state index in [9.17, 15) is 4.79 Å². The summed E-state index contributed by atoms with van der Waals surface area (Å²) in [5.41, 5.74) is 4.39. The molecule has 1 aliphatic carbocycles. The number of benzene rings is 2. The number of carbonyl (C=O) groups is 1. The summed E-state index contributed by atoms with van der Waals surface area (Å²) in [6.07, 6.45) is 2.05. The third-order valence-corrected chi connectivity index (χ3v) is 4.55. The highest BCUT2D eigenvalue weighted by atomic mass is 35.5. The Labute approximate surface area is 130 Å². The highest BCUT2D eigenvalue weighted by Gasteiger charge is 2.28. The van der Waals surface area contributed by atoms with E-state index < -0.39 is 0 Å². The van der Waals surface area contributed by atoms with Crippen LogP contribution in [0, 0.1) is 0 Å². The van der Waals surface area contributed by atoms with E-state index in [4.69, 9.17) is 11.6 Å². The molecule has 108 valence electrons. The van der Waals surface area contributed by atoms with Crippen LogP contribution in [0.3, 0.4) is 0 Å². The van der Waals surface area contributed by atoms with Crippen LogP contribution in [0.1, 0.15) is 39.5 Å². The van der Waals surface area contributed by atoms with Gasteiger partial charge in [0.15, 0.2) is 0 Å². The second-order valence-corrected chi connectivity index (χ2v) is 5.77. The number of hydrogen-bond acceptors (Lipinski definition) is 1. The normalized spacial score (nSPS) is 16.6. The number of carbonyl (C=O) groups excluding carboxylic acids is 1. The van der Waals surface area contributed by atoms with Crippen molar-refractivity contribution in [3.05, 3.63) is 70.8 Å². The number of halogens is 1. The molecule has 2 aromatic carbocycles. The van der Waals surface area contributed by atoms with Crippen LogP contribution in [0.25, 0.3) is 0 Å². The summed E-state index contributed by atoms with van der Waals surface area (Å²) < 4.78 is 0. The lowest BCUT2D eigenvalue weighted by molar-refractivity contribution is 0.0730. The molecule has 3 rings (SSSR count). The SMILES string of the molecule is CN(C(=O)c1ccc(CCl)cc1)C1CCc2ccccc21. The highest BCUT2D eigenvalue weighted by molar-refractivity contribution is 6.17. The summed E-state index contributed by atoms with van der Waals surface area (Å²) in [7, 11) is 1.89. The third-order valence-electron chi connectivity index (χ3n) is 4.24. The lowest BCUT2D eigenvalue weighted by Crippen LogP contribution is -2.30. The van der Waals surface area contributed by atoms with Crippen molar-refractivity contribution in [3.63, 3.8) is 0 Å². The fraction of sp³-hybridized carbons (Fsp3) is 0.278. The Bertz CT molecular complexity index is 651. The summed E-state index contributed by atoms with van der Waals surface area (Å²) >= 11 is 5.79. The number of aryl methyl sites for hydroxylation is 1. The molecule has 0 radical (unpaired) electrons. The lowest BCUT2D eigenvalue weighted by atomic mass is 10.1. The second kappa shape index (κ2) is 5.90. The zero-order chi connectivity index (χ0) is 14.8. The molecule has 21 heavy (non-hydrogen) atoms. The van der Waals surface area contributed by atoms with Crippen molar-refractivity contribution in [2.24, 2.45) is 0 Å². The molecule has 1 unspecified atom stereocenters. The molecule has 0 saturated heterocycles. The second-order valence-electron chi connectivity index (χ2n) is 5.50. The van der Waals surface area contributed by atoms with Crippen molar-refractivity contribution in [1.82, 2.24) is 4.90 Å². The molecule has 0 spiro atoms. The van der Waals surface area contributed by atoms with Gasteiger partial charge < -0.3 is 4.90 Å². The van der Waals surface area contributed by atoms with E-state index >= 15 is 0 Å². The van der Waals surface area contributed by atoms with Crippen LogP contribution in [0.4, 0.5) is 0 Å². The molecule has 0 bridgehead atoms. The summed E-state index contributed by atoms with van der Waals surface area (Å²) in [6, 6.07) is 16.1. The first-order valence-electron chi connectivity index (χ1n) is 7.20. The van der Waals surface area contributed by atoms with Crippen molar-refractivity contribution < 1.29 is 4.79 Å². The van der Waals surface area contributed by atoms with Gasteiger partial charge in [0, 0.05) is 18.5 Å². The van der Waals surface area contributed by atoms with Crippen molar-refractivity contribution >= 4 is 17.5 Å². The minimum Gasteiger partial charge on any atom is -0.335 e. The maximum absolute atomic E-state index is 12.6. The zero-order valence-corrected chi connectivity index (χ0v) is 12.8. The minimum absolute atomic E-state index is 0.0674. The van der Waals surface area contributed by atoms with Gasteiger partial charge in [0.1, 0.15) is 0 Å². The van der Waals surface area contributed by atoms with E-state index in [0.29, 0.717) is 5.88 Å². The van der Waals surface area contributed by atoms with E-state index in [2.05, 4.69) is 18.2 Å². The van der Waals surface area contributed by atoms with E-state index in [1.807, 2.05) is 42.3 Å². The molecule has 0 aromatic heterocycles. The number of nitrogens with zero attached hydrogens (tertiary/aromatic N) is 1. The van der Waals surface area contributed by atoms with Crippen LogP contribution in [0.15, 0.2) is 48.5 Å². The van der Waals surface area contributed by atoms with Crippen LogP contribution in [-0.4, -0.2) is 17.9 Å². The average molecular weight is 300 g/mol. The van der Waals surface area contributed by atoms with Crippen molar-refractivity contribution in [3.8, 4) is 0 Å². The Hall–Kier alpha value is -1.80. The maximum atomic E-state index is 12.6. The molecule has 0 fully saturated rings. The fourth-order valence-corrected chi connectivity index (χ4v) is 3.20. The maximum Gasteiger partial charge on any atom is 0.254 e.